The van der Waals surface area contributed by atoms with Crippen molar-refractivity contribution in [1.29, 1.82) is 0 Å². The van der Waals surface area contributed by atoms with Crippen LogP contribution in [0.3, 0.4) is 0 Å². The molecule has 0 spiro atoms. The summed E-state index contributed by atoms with van der Waals surface area (Å²) in [6, 6.07) is 11.2. The third-order valence-electron chi connectivity index (χ3n) is 8.30. The topological polar surface area (TPSA) is 182 Å². The number of carboxylic acid groups (broad SMARTS) is 1. The Hall–Kier alpha value is -4.64. The van der Waals surface area contributed by atoms with Gasteiger partial charge in [0.2, 0.25) is 17.7 Å². The molecule has 0 aliphatic heterocycles. The fraction of sp³-hybridized carbons (Fsp3) is 0.412. The lowest BCUT2D eigenvalue weighted by molar-refractivity contribution is -0.142. The second-order valence-electron chi connectivity index (χ2n) is 12.2. The Balaban J connectivity index is 1.54. The van der Waals surface area contributed by atoms with Crippen LogP contribution in [0.5, 0.6) is 0 Å². The van der Waals surface area contributed by atoms with E-state index in [-0.39, 0.29) is 31.1 Å². The minimum atomic E-state index is -1.15. The van der Waals surface area contributed by atoms with Crippen LogP contribution < -0.4 is 21.7 Å². The van der Waals surface area contributed by atoms with Crippen LogP contribution in [-0.2, 0) is 32.0 Å². The molecule has 0 saturated carbocycles. The summed E-state index contributed by atoms with van der Waals surface area (Å²) < 4.78 is 0. The highest BCUT2D eigenvalue weighted by molar-refractivity contribution is 5.95. The van der Waals surface area contributed by atoms with Crippen LogP contribution in [0.1, 0.15) is 51.7 Å². The molecule has 5 atom stereocenters. The Morgan fingerprint density at radius 3 is 1.82 bits per heavy atom. The van der Waals surface area contributed by atoms with E-state index in [4.69, 9.17) is 5.73 Å². The minimum Gasteiger partial charge on any atom is -0.480 e. The number of carbonyl (C=O) groups is 4. The summed E-state index contributed by atoms with van der Waals surface area (Å²) in [7, 11) is 0. The zero-order valence-corrected chi connectivity index (χ0v) is 26.2. The number of aromatic amines is 2. The number of nitrogens with one attached hydrogen (secondary N) is 5. The maximum absolute atomic E-state index is 13.8. The predicted octanol–water partition coefficient (Wildman–Crippen LogP) is 3.39. The number of carboxylic acids is 1. The Bertz CT molecular complexity index is 1640. The van der Waals surface area contributed by atoms with Crippen molar-refractivity contribution in [3.05, 3.63) is 72.1 Å². The molecule has 45 heavy (non-hydrogen) atoms. The number of H-pyrrole nitrogens is 2. The predicted molar refractivity (Wildman–Crippen MR) is 174 cm³/mol. The van der Waals surface area contributed by atoms with Gasteiger partial charge in [-0.1, -0.05) is 70.5 Å². The Morgan fingerprint density at radius 1 is 0.756 bits per heavy atom. The lowest BCUT2D eigenvalue weighted by Crippen LogP contribution is -2.59. The van der Waals surface area contributed by atoms with Gasteiger partial charge in [-0.3, -0.25) is 14.4 Å². The lowest BCUT2D eigenvalue weighted by Gasteiger charge is -2.28. The van der Waals surface area contributed by atoms with E-state index in [0.29, 0.717) is 6.42 Å². The highest BCUT2D eigenvalue weighted by atomic mass is 16.4. The number of carbonyl (C=O) groups excluding carboxylic acids is 3. The normalized spacial score (nSPS) is 14.9. The molecule has 0 radical (unpaired) electrons. The van der Waals surface area contributed by atoms with Crippen LogP contribution in [0, 0.1) is 11.8 Å². The van der Waals surface area contributed by atoms with E-state index in [9.17, 15) is 24.3 Å². The van der Waals surface area contributed by atoms with Gasteiger partial charge in [-0.05, 0) is 47.9 Å². The van der Waals surface area contributed by atoms with Gasteiger partial charge in [-0.25, -0.2) is 4.79 Å². The Kier molecular flexibility index (Phi) is 11.0. The number of fused-ring (bicyclic) bond motifs is 2. The molecule has 2 aromatic heterocycles. The SMILES string of the molecule is CCC(C)C(NC(=O)C(N)Cc1c[nH]c2ccccc12)C(=O)NC(Cc1c[nH]c2ccccc12)C(=O)NC(CC(C)C)C(=O)O. The van der Waals surface area contributed by atoms with Crippen molar-refractivity contribution >= 4 is 45.5 Å². The smallest absolute Gasteiger partial charge is 0.326 e. The van der Waals surface area contributed by atoms with E-state index in [0.717, 1.165) is 32.9 Å². The number of aliphatic carboxylic acids is 1. The van der Waals surface area contributed by atoms with Crippen molar-refractivity contribution in [3.63, 3.8) is 0 Å². The van der Waals surface area contributed by atoms with Gasteiger partial charge >= 0.3 is 5.97 Å². The quantitative estimate of drug-likeness (QED) is 0.107. The number of amides is 3. The largest absolute Gasteiger partial charge is 0.480 e. The third kappa shape index (κ3) is 8.30. The molecule has 0 aliphatic carbocycles. The molecule has 0 aliphatic rings. The monoisotopic (exact) mass is 616 g/mol. The average Bonchev–Trinajstić information content (AvgIpc) is 3.62. The lowest BCUT2D eigenvalue weighted by atomic mass is 9.96. The number of para-hydroxylation sites is 2. The summed E-state index contributed by atoms with van der Waals surface area (Å²) in [5.74, 6) is -3.06. The number of benzene rings is 2. The molecule has 0 fully saturated rings. The van der Waals surface area contributed by atoms with Crippen molar-refractivity contribution in [1.82, 2.24) is 25.9 Å². The summed E-state index contributed by atoms with van der Waals surface area (Å²) in [6.07, 6.45) is 4.78. The molecule has 11 nitrogen and oxygen atoms in total. The summed E-state index contributed by atoms with van der Waals surface area (Å²) in [6.45, 7) is 7.49. The van der Waals surface area contributed by atoms with Crippen LogP contribution >= 0.6 is 0 Å². The molecule has 8 N–H and O–H groups in total. The van der Waals surface area contributed by atoms with Gasteiger partial charge in [0.1, 0.15) is 18.1 Å². The fourth-order valence-electron chi connectivity index (χ4n) is 5.55. The highest BCUT2D eigenvalue weighted by Gasteiger charge is 2.33. The molecule has 4 aromatic rings. The van der Waals surface area contributed by atoms with E-state index in [1.807, 2.05) is 82.4 Å². The van der Waals surface area contributed by atoms with E-state index in [2.05, 4.69) is 25.9 Å². The average molecular weight is 617 g/mol. The fourth-order valence-corrected chi connectivity index (χ4v) is 5.55. The van der Waals surface area contributed by atoms with Gasteiger partial charge in [-0.15, -0.1) is 0 Å². The molecule has 0 saturated heterocycles. The number of hydrogen-bond acceptors (Lipinski definition) is 5. The van der Waals surface area contributed by atoms with Crippen molar-refractivity contribution in [3.8, 4) is 0 Å². The zero-order chi connectivity index (χ0) is 32.7. The van der Waals surface area contributed by atoms with Gasteiger partial charge < -0.3 is 36.8 Å². The van der Waals surface area contributed by atoms with Crippen LogP contribution in [0.15, 0.2) is 60.9 Å². The third-order valence-corrected chi connectivity index (χ3v) is 8.30. The first kappa shape index (κ1) is 33.3. The van der Waals surface area contributed by atoms with Gasteiger partial charge in [-0.2, -0.15) is 0 Å². The standard InChI is InChI=1S/C34H44N6O5/c1-5-20(4)30(40-31(41)25(35)15-21-17-36-26-12-8-6-10-23(21)26)33(43)38-28(32(42)39-29(34(44)45)14-19(2)3)16-22-18-37-27-13-9-7-11-24(22)27/h6-13,17-20,25,28-30,36-37H,5,14-16,35H2,1-4H3,(H,38,43)(H,39,42)(H,40,41)(H,44,45). The van der Waals surface area contributed by atoms with Crippen LogP contribution in [0.25, 0.3) is 21.8 Å². The molecule has 11 heteroatoms. The second-order valence-corrected chi connectivity index (χ2v) is 12.2. The number of hydrogen-bond donors (Lipinski definition) is 7. The maximum Gasteiger partial charge on any atom is 0.326 e. The maximum atomic E-state index is 13.8. The molecule has 3 amide bonds. The zero-order valence-electron chi connectivity index (χ0n) is 26.2. The summed E-state index contributed by atoms with van der Waals surface area (Å²) in [5.41, 5.74) is 9.81. The van der Waals surface area contributed by atoms with Gasteiger partial charge in [0.25, 0.3) is 0 Å². The molecule has 2 heterocycles. The summed E-state index contributed by atoms with van der Waals surface area (Å²) >= 11 is 0. The number of nitrogens with two attached hydrogens (primary N) is 1. The van der Waals surface area contributed by atoms with E-state index in [1.54, 1.807) is 6.20 Å². The minimum absolute atomic E-state index is 0.0199. The van der Waals surface area contributed by atoms with Crippen LogP contribution in [0.2, 0.25) is 0 Å². The van der Waals surface area contributed by atoms with Crippen molar-refractivity contribution in [2.45, 2.75) is 77.5 Å². The van der Waals surface area contributed by atoms with E-state index < -0.39 is 47.9 Å². The number of rotatable bonds is 15. The van der Waals surface area contributed by atoms with E-state index in [1.165, 1.54) is 0 Å². The first-order valence-electron chi connectivity index (χ1n) is 15.5. The second kappa shape index (κ2) is 14.9. The van der Waals surface area contributed by atoms with Crippen LogP contribution in [0.4, 0.5) is 0 Å². The Morgan fingerprint density at radius 2 is 1.29 bits per heavy atom. The molecular formula is C34H44N6O5. The highest BCUT2D eigenvalue weighted by Crippen LogP contribution is 2.21. The van der Waals surface area contributed by atoms with Gasteiger partial charge in [0.15, 0.2) is 0 Å². The molecule has 240 valence electrons. The Labute approximate surface area is 262 Å². The molecule has 0 bridgehead atoms. The molecule has 4 rings (SSSR count). The van der Waals surface area contributed by atoms with Crippen molar-refractivity contribution in [2.24, 2.45) is 17.6 Å². The van der Waals surface area contributed by atoms with Gasteiger partial charge in [0, 0.05) is 40.6 Å². The van der Waals surface area contributed by atoms with Gasteiger partial charge in [0.05, 0.1) is 6.04 Å². The first-order valence-corrected chi connectivity index (χ1v) is 15.5. The number of aromatic nitrogens is 2. The molecule has 5 unspecified atom stereocenters. The van der Waals surface area contributed by atoms with Crippen molar-refractivity contribution in [2.75, 3.05) is 0 Å². The van der Waals surface area contributed by atoms with Crippen molar-refractivity contribution < 1.29 is 24.3 Å². The summed E-state index contributed by atoms with van der Waals surface area (Å²) in [4.78, 5) is 59.0. The van der Waals surface area contributed by atoms with E-state index >= 15 is 0 Å². The summed E-state index contributed by atoms with van der Waals surface area (Å²) in [5, 5.41) is 19.9. The molecule has 2 aromatic carbocycles. The molecular weight excluding hydrogens is 572 g/mol. The van der Waals surface area contributed by atoms with Crippen LogP contribution in [-0.4, -0.2) is 62.9 Å². The first-order chi connectivity index (χ1) is 21.5.